The number of halogens is 1. The first kappa shape index (κ1) is 16.5. The van der Waals surface area contributed by atoms with Crippen LogP contribution in [0.5, 0.6) is 5.75 Å². The van der Waals surface area contributed by atoms with Gasteiger partial charge in [0.05, 0.1) is 26.2 Å². The van der Waals surface area contributed by atoms with Crippen molar-refractivity contribution in [3.05, 3.63) is 46.2 Å². The Morgan fingerprint density at radius 3 is 2.64 bits per heavy atom. The van der Waals surface area contributed by atoms with Crippen molar-refractivity contribution >= 4 is 21.9 Å². The minimum atomic E-state index is -0.817. The molecule has 1 aromatic heterocycles. The third kappa shape index (κ3) is 3.16. The second-order valence-corrected chi connectivity index (χ2v) is 6.38. The topological polar surface area (TPSA) is 53.4 Å². The lowest BCUT2D eigenvalue weighted by atomic mass is 9.83. The van der Waals surface area contributed by atoms with Crippen molar-refractivity contribution in [2.24, 2.45) is 0 Å². The molecule has 0 radical (unpaired) electrons. The van der Waals surface area contributed by atoms with Crippen molar-refractivity contribution in [3.8, 4) is 5.75 Å². The van der Waals surface area contributed by atoms with E-state index in [1.54, 1.807) is 18.0 Å². The molecule has 0 saturated heterocycles. The molecule has 22 heavy (non-hydrogen) atoms. The number of aromatic nitrogens is 2. The Morgan fingerprint density at radius 2 is 2.09 bits per heavy atom. The van der Waals surface area contributed by atoms with Gasteiger partial charge < -0.3 is 9.47 Å². The molecule has 0 aliphatic heterocycles. The quantitative estimate of drug-likeness (QED) is 0.762. The molecule has 1 aromatic carbocycles. The molecule has 0 unspecified atom stereocenters. The van der Waals surface area contributed by atoms with Gasteiger partial charge in [-0.25, -0.2) is 0 Å². The molecule has 0 aliphatic rings. The second kappa shape index (κ2) is 6.52. The summed E-state index contributed by atoms with van der Waals surface area (Å²) in [5, 5.41) is 4.21. The predicted octanol–water partition coefficient (Wildman–Crippen LogP) is 3.15. The highest BCUT2D eigenvalue weighted by Gasteiger charge is 2.35. The first-order valence-corrected chi connectivity index (χ1v) is 7.62. The van der Waals surface area contributed by atoms with Crippen molar-refractivity contribution in [1.82, 2.24) is 9.78 Å². The minimum Gasteiger partial charge on any atom is -0.496 e. The summed E-state index contributed by atoms with van der Waals surface area (Å²) in [6, 6.07) is 5.73. The number of nitrogens with zero attached hydrogens (tertiary/aromatic N) is 2. The molecule has 0 fully saturated rings. The molecule has 5 nitrogen and oxygen atoms in total. The van der Waals surface area contributed by atoms with Crippen LogP contribution in [0.4, 0.5) is 0 Å². The Hall–Kier alpha value is -1.82. The second-order valence-electron chi connectivity index (χ2n) is 5.47. The average Bonchev–Trinajstić information content (AvgIpc) is 2.98. The molecule has 118 valence electrons. The maximum absolute atomic E-state index is 12.1. The highest BCUT2D eigenvalue weighted by atomic mass is 79.9. The van der Waals surface area contributed by atoms with Gasteiger partial charge in [0.1, 0.15) is 5.75 Å². The summed E-state index contributed by atoms with van der Waals surface area (Å²) >= 11 is 3.51. The highest BCUT2D eigenvalue weighted by molar-refractivity contribution is 9.10. The zero-order chi connectivity index (χ0) is 16.3. The molecule has 0 saturated carbocycles. The molecule has 6 heteroatoms. The van der Waals surface area contributed by atoms with E-state index in [0.717, 1.165) is 15.6 Å². The lowest BCUT2D eigenvalue weighted by Gasteiger charge is -2.26. The van der Waals surface area contributed by atoms with E-state index in [-0.39, 0.29) is 5.97 Å². The first-order valence-electron chi connectivity index (χ1n) is 6.83. The van der Waals surface area contributed by atoms with Gasteiger partial charge in [-0.2, -0.15) is 5.10 Å². The Kier molecular flexibility index (Phi) is 4.90. The third-order valence-corrected chi connectivity index (χ3v) is 4.05. The summed E-state index contributed by atoms with van der Waals surface area (Å²) in [4.78, 5) is 12.1. The molecule has 2 aromatic rings. The zero-order valence-electron chi connectivity index (χ0n) is 13.1. The third-order valence-electron chi connectivity index (χ3n) is 3.60. The van der Waals surface area contributed by atoms with Crippen molar-refractivity contribution in [2.75, 3.05) is 14.2 Å². The Labute approximate surface area is 138 Å². The van der Waals surface area contributed by atoms with E-state index >= 15 is 0 Å². The SMILES string of the molecule is COC(=O)C(C)(C)c1cc(Br)cc(Cn2cccn2)c1OC. The fourth-order valence-corrected chi connectivity index (χ4v) is 2.91. The molecule has 0 atom stereocenters. The van der Waals surface area contributed by atoms with Gasteiger partial charge in [-0.1, -0.05) is 15.9 Å². The van der Waals surface area contributed by atoms with Crippen LogP contribution in [-0.2, 0) is 21.5 Å². The van der Waals surface area contributed by atoms with E-state index in [4.69, 9.17) is 9.47 Å². The van der Waals surface area contributed by atoms with Crippen LogP contribution in [0.1, 0.15) is 25.0 Å². The van der Waals surface area contributed by atoms with E-state index in [0.29, 0.717) is 12.3 Å². The number of rotatable bonds is 5. The smallest absolute Gasteiger partial charge is 0.315 e. The normalized spacial score (nSPS) is 11.3. The summed E-state index contributed by atoms with van der Waals surface area (Å²) in [5.41, 5.74) is 0.897. The minimum absolute atomic E-state index is 0.311. The number of methoxy groups -OCH3 is 2. The molecule has 0 spiro atoms. The fourth-order valence-electron chi connectivity index (χ4n) is 2.41. The molecular formula is C16H19BrN2O3. The fraction of sp³-hybridized carbons (Fsp3) is 0.375. The van der Waals surface area contributed by atoms with E-state index in [1.165, 1.54) is 7.11 Å². The summed E-state index contributed by atoms with van der Waals surface area (Å²) in [7, 11) is 2.99. The van der Waals surface area contributed by atoms with Gasteiger partial charge in [-0.3, -0.25) is 9.48 Å². The summed E-state index contributed by atoms with van der Waals surface area (Å²) in [5.74, 6) is 0.364. The molecule has 0 aliphatic carbocycles. The number of ether oxygens (including phenoxy) is 2. The predicted molar refractivity (Wildman–Crippen MR) is 87.1 cm³/mol. The molecule has 0 amide bonds. The van der Waals surface area contributed by atoms with Gasteiger partial charge in [0.2, 0.25) is 0 Å². The maximum Gasteiger partial charge on any atom is 0.315 e. The lowest BCUT2D eigenvalue weighted by Crippen LogP contribution is -2.31. The van der Waals surface area contributed by atoms with Crippen LogP contribution in [0.2, 0.25) is 0 Å². The van der Waals surface area contributed by atoms with Crippen molar-refractivity contribution < 1.29 is 14.3 Å². The van der Waals surface area contributed by atoms with Crippen molar-refractivity contribution in [1.29, 1.82) is 0 Å². The van der Waals surface area contributed by atoms with E-state index < -0.39 is 5.41 Å². The van der Waals surface area contributed by atoms with Gasteiger partial charge in [0.25, 0.3) is 0 Å². The largest absolute Gasteiger partial charge is 0.496 e. The van der Waals surface area contributed by atoms with Gasteiger partial charge in [0.15, 0.2) is 0 Å². The molecule has 1 heterocycles. The van der Waals surface area contributed by atoms with Crippen LogP contribution in [0.15, 0.2) is 35.1 Å². The van der Waals surface area contributed by atoms with Gasteiger partial charge in [-0.05, 0) is 32.0 Å². The maximum atomic E-state index is 12.1. The van der Waals surface area contributed by atoms with Gasteiger partial charge in [0, 0.05) is 28.0 Å². The summed E-state index contributed by atoms with van der Waals surface area (Å²) in [6.07, 6.45) is 3.61. The highest BCUT2D eigenvalue weighted by Crippen LogP contribution is 2.38. The number of carbonyl (C=O) groups is 1. The van der Waals surface area contributed by atoms with Crippen LogP contribution in [-0.4, -0.2) is 30.0 Å². The Morgan fingerprint density at radius 1 is 1.36 bits per heavy atom. The average molecular weight is 367 g/mol. The van der Waals surface area contributed by atoms with Crippen LogP contribution >= 0.6 is 15.9 Å². The van der Waals surface area contributed by atoms with Gasteiger partial charge in [-0.15, -0.1) is 0 Å². The molecule has 2 rings (SSSR count). The summed E-state index contributed by atoms with van der Waals surface area (Å²) < 4.78 is 13.2. The summed E-state index contributed by atoms with van der Waals surface area (Å²) in [6.45, 7) is 4.20. The molecule has 0 bridgehead atoms. The number of esters is 1. The lowest BCUT2D eigenvalue weighted by molar-refractivity contribution is -0.146. The van der Waals surface area contributed by atoms with Crippen molar-refractivity contribution in [3.63, 3.8) is 0 Å². The van der Waals surface area contributed by atoms with E-state index in [2.05, 4.69) is 21.0 Å². The van der Waals surface area contributed by atoms with E-state index in [1.807, 2.05) is 38.2 Å². The monoisotopic (exact) mass is 366 g/mol. The van der Waals surface area contributed by atoms with Crippen LogP contribution in [0.3, 0.4) is 0 Å². The Bertz CT molecular complexity index is 666. The zero-order valence-corrected chi connectivity index (χ0v) is 14.7. The van der Waals surface area contributed by atoms with E-state index in [9.17, 15) is 4.79 Å². The molecule has 0 N–H and O–H groups in total. The van der Waals surface area contributed by atoms with Gasteiger partial charge >= 0.3 is 5.97 Å². The van der Waals surface area contributed by atoms with Crippen LogP contribution in [0.25, 0.3) is 0 Å². The number of hydrogen-bond acceptors (Lipinski definition) is 4. The first-order chi connectivity index (χ1) is 10.4. The Balaban J connectivity index is 2.55. The van der Waals surface area contributed by atoms with Crippen LogP contribution < -0.4 is 4.74 Å². The standard InChI is InChI=1S/C16H19BrN2O3/c1-16(2,15(20)22-4)13-9-12(17)8-11(14(13)21-3)10-19-7-5-6-18-19/h5-9H,10H2,1-4H3. The molecular weight excluding hydrogens is 348 g/mol. The number of hydrogen-bond donors (Lipinski definition) is 0. The van der Waals surface area contributed by atoms with Crippen molar-refractivity contribution in [2.45, 2.75) is 25.8 Å². The number of carbonyl (C=O) groups excluding carboxylic acids is 1. The van der Waals surface area contributed by atoms with Crippen LogP contribution in [0, 0.1) is 0 Å². The number of benzene rings is 1.